The molecule has 1 saturated heterocycles. The lowest BCUT2D eigenvalue weighted by Gasteiger charge is -2.16. The zero-order chi connectivity index (χ0) is 18.8. The molecule has 1 aromatic heterocycles. The van der Waals surface area contributed by atoms with E-state index < -0.39 is 41.7 Å². The number of benzene rings is 1. The molecular weight excluding hydrogens is 342 g/mol. The Labute approximate surface area is 148 Å². The van der Waals surface area contributed by atoms with Gasteiger partial charge in [0.1, 0.15) is 18.8 Å². The number of carbonyl (C=O) groups is 1. The molecule has 0 aliphatic carbocycles. The number of aliphatic hydroxyl groups excluding tert-OH is 1. The minimum absolute atomic E-state index is 0.181. The number of hydrogen-bond donors (Lipinski definition) is 3. The smallest absolute Gasteiger partial charge is 0.338 e. The lowest BCUT2D eigenvalue weighted by atomic mass is 10.1. The molecule has 26 heavy (non-hydrogen) atoms. The highest BCUT2D eigenvalue weighted by Gasteiger charge is 2.43. The van der Waals surface area contributed by atoms with Gasteiger partial charge in [0.2, 0.25) is 0 Å². The fourth-order valence-electron chi connectivity index (χ4n) is 2.70. The lowest BCUT2D eigenvalue weighted by molar-refractivity contribution is -0.0573. The Morgan fingerprint density at radius 2 is 2.00 bits per heavy atom. The first kappa shape index (κ1) is 18.1. The standard InChI is InChI=1S/C17H19N3O6/c1-9-2-4-10(5-3-9)16(23)25-8-11-13(18)14(22)15(26-11)20-7-6-12(21)19-17(20)24/h2-7,11,13-15,22H,8,18H2,1H3,(H,19,21,24). The summed E-state index contributed by atoms with van der Waals surface area (Å²) in [6.07, 6.45) is -1.88. The van der Waals surface area contributed by atoms with Gasteiger partial charge in [0.25, 0.3) is 5.56 Å². The second-order valence-electron chi connectivity index (χ2n) is 6.11. The van der Waals surface area contributed by atoms with Gasteiger partial charge >= 0.3 is 11.7 Å². The third-order valence-electron chi connectivity index (χ3n) is 4.22. The first-order chi connectivity index (χ1) is 12.4. The van der Waals surface area contributed by atoms with Crippen molar-refractivity contribution < 1.29 is 19.4 Å². The van der Waals surface area contributed by atoms with Crippen molar-refractivity contribution >= 4 is 5.97 Å². The molecule has 0 spiro atoms. The minimum atomic E-state index is -1.21. The molecule has 9 nitrogen and oxygen atoms in total. The van der Waals surface area contributed by atoms with Crippen molar-refractivity contribution in [1.82, 2.24) is 9.55 Å². The van der Waals surface area contributed by atoms with E-state index in [0.29, 0.717) is 5.56 Å². The van der Waals surface area contributed by atoms with Gasteiger partial charge < -0.3 is 20.3 Å². The van der Waals surface area contributed by atoms with Crippen molar-refractivity contribution in [2.75, 3.05) is 6.61 Å². The van der Waals surface area contributed by atoms with Crippen molar-refractivity contribution in [3.8, 4) is 0 Å². The van der Waals surface area contributed by atoms with Crippen LogP contribution in [0, 0.1) is 6.92 Å². The third-order valence-corrected chi connectivity index (χ3v) is 4.22. The molecule has 0 amide bonds. The number of carbonyl (C=O) groups excluding carboxylic acids is 1. The topological polar surface area (TPSA) is 137 Å². The first-order valence-electron chi connectivity index (χ1n) is 8.01. The van der Waals surface area contributed by atoms with Crippen LogP contribution in [0.5, 0.6) is 0 Å². The van der Waals surface area contributed by atoms with Crippen molar-refractivity contribution in [2.45, 2.75) is 31.4 Å². The number of nitrogens with zero attached hydrogens (tertiary/aromatic N) is 1. The van der Waals surface area contributed by atoms with Crippen molar-refractivity contribution in [3.05, 3.63) is 68.5 Å². The Kier molecular flexibility index (Phi) is 5.03. The quantitative estimate of drug-likeness (QED) is 0.612. The molecule has 0 bridgehead atoms. The summed E-state index contributed by atoms with van der Waals surface area (Å²) in [5.41, 5.74) is 6.03. The predicted molar refractivity (Wildman–Crippen MR) is 90.7 cm³/mol. The van der Waals surface area contributed by atoms with Gasteiger partial charge in [0.05, 0.1) is 11.6 Å². The molecule has 0 saturated carbocycles. The highest BCUT2D eigenvalue weighted by atomic mass is 16.6. The molecule has 2 aromatic rings. The summed E-state index contributed by atoms with van der Waals surface area (Å²) < 4.78 is 11.8. The summed E-state index contributed by atoms with van der Waals surface area (Å²) in [6.45, 7) is 1.72. The number of hydrogen-bond acceptors (Lipinski definition) is 7. The van der Waals surface area contributed by atoms with Crippen molar-refractivity contribution in [1.29, 1.82) is 0 Å². The monoisotopic (exact) mass is 361 g/mol. The summed E-state index contributed by atoms with van der Waals surface area (Å²) in [5, 5.41) is 10.2. The fraction of sp³-hybridized carbons (Fsp3) is 0.353. The maximum Gasteiger partial charge on any atom is 0.338 e. The van der Waals surface area contributed by atoms with E-state index in [-0.39, 0.29) is 6.61 Å². The summed E-state index contributed by atoms with van der Waals surface area (Å²) >= 11 is 0. The van der Waals surface area contributed by atoms with Gasteiger partial charge in [0, 0.05) is 12.3 Å². The van der Waals surface area contributed by atoms with E-state index in [1.54, 1.807) is 24.3 Å². The minimum Gasteiger partial charge on any atom is -0.459 e. The third kappa shape index (κ3) is 3.59. The molecule has 4 atom stereocenters. The average molecular weight is 361 g/mol. The second kappa shape index (κ2) is 7.24. The van der Waals surface area contributed by atoms with Crippen LogP contribution in [0.3, 0.4) is 0 Å². The Morgan fingerprint density at radius 1 is 1.31 bits per heavy atom. The number of nitrogens with one attached hydrogen (secondary N) is 1. The molecule has 0 radical (unpaired) electrons. The van der Waals surface area contributed by atoms with E-state index >= 15 is 0 Å². The first-order valence-corrected chi connectivity index (χ1v) is 8.01. The molecule has 138 valence electrons. The van der Waals surface area contributed by atoms with E-state index in [1.165, 1.54) is 6.20 Å². The maximum atomic E-state index is 12.1. The van der Waals surface area contributed by atoms with Crippen LogP contribution in [0.2, 0.25) is 0 Å². The van der Waals surface area contributed by atoms with Gasteiger partial charge in [-0.2, -0.15) is 0 Å². The molecule has 4 N–H and O–H groups in total. The van der Waals surface area contributed by atoms with Gasteiger partial charge in [-0.3, -0.25) is 14.3 Å². The summed E-state index contributed by atoms with van der Waals surface area (Å²) in [5.74, 6) is -0.542. The number of aryl methyl sites for hydroxylation is 1. The number of rotatable bonds is 4. The van der Waals surface area contributed by atoms with Crippen LogP contribution in [0.15, 0.2) is 46.1 Å². The van der Waals surface area contributed by atoms with Crippen LogP contribution in [0.25, 0.3) is 0 Å². The number of esters is 1. The summed E-state index contributed by atoms with van der Waals surface area (Å²) in [4.78, 5) is 37.1. The molecule has 1 aromatic carbocycles. The number of aromatic nitrogens is 2. The predicted octanol–water partition coefficient (Wildman–Crippen LogP) is -0.712. The summed E-state index contributed by atoms with van der Waals surface area (Å²) in [6, 6.07) is 7.13. The van der Waals surface area contributed by atoms with Crippen molar-refractivity contribution in [2.24, 2.45) is 5.73 Å². The molecule has 4 unspecified atom stereocenters. The molecule has 1 fully saturated rings. The van der Waals surface area contributed by atoms with E-state index in [9.17, 15) is 19.5 Å². The number of H-pyrrole nitrogens is 1. The SMILES string of the molecule is Cc1ccc(C(=O)OCC2OC(n3ccc(=O)[nH]c3=O)C(O)C2N)cc1. The van der Waals surface area contributed by atoms with Gasteiger partial charge in [0.15, 0.2) is 6.23 Å². The number of nitrogens with two attached hydrogens (primary N) is 1. The molecule has 1 aliphatic heterocycles. The summed E-state index contributed by atoms with van der Waals surface area (Å²) in [7, 11) is 0. The van der Waals surface area contributed by atoms with Crippen LogP contribution >= 0.6 is 0 Å². The van der Waals surface area contributed by atoms with E-state index in [2.05, 4.69) is 4.98 Å². The highest BCUT2D eigenvalue weighted by Crippen LogP contribution is 2.27. The number of aliphatic hydroxyl groups is 1. The molecule has 1 aliphatic rings. The maximum absolute atomic E-state index is 12.1. The zero-order valence-electron chi connectivity index (χ0n) is 14.0. The van der Waals surface area contributed by atoms with E-state index in [1.807, 2.05) is 6.92 Å². The van der Waals surface area contributed by atoms with Gasteiger partial charge in [-0.1, -0.05) is 17.7 Å². The normalized spacial score (nSPS) is 25.2. The van der Waals surface area contributed by atoms with Crippen LogP contribution in [-0.2, 0) is 9.47 Å². The van der Waals surface area contributed by atoms with Crippen LogP contribution < -0.4 is 17.0 Å². The Hall–Kier alpha value is -2.75. The second-order valence-corrected chi connectivity index (χ2v) is 6.11. The number of ether oxygens (including phenoxy) is 2. The molecule has 9 heteroatoms. The highest BCUT2D eigenvalue weighted by molar-refractivity contribution is 5.89. The van der Waals surface area contributed by atoms with Crippen LogP contribution in [0.4, 0.5) is 0 Å². The van der Waals surface area contributed by atoms with Gasteiger partial charge in [-0.15, -0.1) is 0 Å². The van der Waals surface area contributed by atoms with Crippen LogP contribution in [-0.4, -0.2) is 45.5 Å². The van der Waals surface area contributed by atoms with E-state index in [0.717, 1.165) is 16.2 Å². The molecule has 2 heterocycles. The Balaban J connectivity index is 1.68. The van der Waals surface area contributed by atoms with E-state index in [4.69, 9.17) is 15.2 Å². The van der Waals surface area contributed by atoms with Gasteiger partial charge in [-0.25, -0.2) is 9.59 Å². The fourth-order valence-corrected chi connectivity index (χ4v) is 2.70. The zero-order valence-corrected chi connectivity index (χ0v) is 14.0. The van der Waals surface area contributed by atoms with Crippen LogP contribution in [0.1, 0.15) is 22.1 Å². The van der Waals surface area contributed by atoms with Gasteiger partial charge in [-0.05, 0) is 19.1 Å². The van der Waals surface area contributed by atoms with Crippen molar-refractivity contribution in [3.63, 3.8) is 0 Å². The molecular formula is C17H19N3O6. The Morgan fingerprint density at radius 3 is 2.65 bits per heavy atom. The number of aromatic amines is 1. The average Bonchev–Trinajstić information content (AvgIpc) is 2.88. The Bertz CT molecular complexity index is 904. The lowest BCUT2D eigenvalue weighted by Crippen LogP contribution is -2.43. The largest absolute Gasteiger partial charge is 0.459 e. The molecule has 3 rings (SSSR count).